The van der Waals surface area contributed by atoms with Gasteiger partial charge < -0.3 is 5.11 Å². The minimum Gasteiger partial charge on any atom is -0.393 e. The summed E-state index contributed by atoms with van der Waals surface area (Å²) in [6, 6.07) is 0. The highest BCUT2D eigenvalue weighted by Gasteiger charge is 2.82. The summed E-state index contributed by atoms with van der Waals surface area (Å²) in [4.78, 5) is 4.72. The maximum absolute atomic E-state index is 10.9. The van der Waals surface area contributed by atoms with Crippen LogP contribution in [0.15, 0.2) is 12.2 Å². The Bertz CT molecular complexity index is 804. The van der Waals surface area contributed by atoms with Crippen LogP contribution in [0.2, 0.25) is 0 Å². The van der Waals surface area contributed by atoms with Crippen LogP contribution in [0.1, 0.15) is 112 Å². The molecule has 33 heavy (non-hydrogen) atoms. The Morgan fingerprint density at radius 3 is 2.24 bits per heavy atom. The minimum absolute atomic E-state index is 0.0791. The average molecular weight is 459 g/mol. The Morgan fingerprint density at radius 1 is 0.909 bits per heavy atom. The molecule has 2 spiro atoms. The molecule has 0 saturated heterocycles. The first-order valence-corrected chi connectivity index (χ1v) is 14.0. The van der Waals surface area contributed by atoms with Crippen LogP contribution in [0, 0.1) is 50.7 Å². The normalized spacial score (nSPS) is 51.5. The molecule has 0 unspecified atom stereocenters. The van der Waals surface area contributed by atoms with Gasteiger partial charge in [0.1, 0.15) is 6.10 Å². The predicted octanol–water partition coefficient (Wildman–Crippen LogP) is 7.64. The van der Waals surface area contributed by atoms with E-state index in [2.05, 4.69) is 41.2 Å². The fourth-order valence-corrected chi connectivity index (χ4v) is 11.3. The second-order valence-electron chi connectivity index (χ2n) is 14.5. The predicted molar refractivity (Wildman–Crippen MR) is 134 cm³/mol. The van der Waals surface area contributed by atoms with Crippen LogP contribution < -0.4 is 0 Å². The average Bonchev–Trinajstić information content (AvgIpc) is 3.34. The highest BCUT2D eigenvalue weighted by atomic mass is 17.1. The van der Waals surface area contributed by atoms with Gasteiger partial charge in [0.05, 0.1) is 6.10 Å². The molecule has 5 aliphatic carbocycles. The van der Waals surface area contributed by atoms with Gasteiger partial charge in [-0.2, -0.15) is 0 Å². The monoisotopic (exact) mass is 458 g/mol. The maximum Gasteiger partial charge on any atom is 0.113 e. The van der Waals surface area contributed by atoms with Crippen LogP contribution in [0.4, 0.5) is 0 Å². The van der Waals surface area contributed by atoms with Crippen molar-refractivity contribution < 1.29 is 15.3 Å². The first kappa shape index (κ1) is 24.3. The molecule has 3 heteroatoms. The van der Waals surface area contributed by atoms with E-state index in [1.54, 1.807) is 0 Å². The maximum atomic E-state index is 10.9. The number of hydrogen-bond donors (Lipinski definition) is 2. The van der Waals surface area contributed by atoms with E-state index in [9.17, 15) is 10.4 Å². The standard InChI is InChI=1S/C30H50O3/c1-19(2)22(33-32)9-8-20(3)21-12-14-28(7)24-11-10-23-26(4,5)25(31)13-15-29(23)18-30(24,29)17-16-27(21,28)6/h20-25,31-32H,1,8-18H2,2-7H3/t20-,21-,22+,23+,24+,25+,27-,28+,29-,30+/m1/s1. The molecule has 0 radical (unpaired) electrons. The zero-order valence-corrected chi connectivity index (χ0v) is 22.3. The van der Waals surface area contributed by atoms with Crippen LogP contribution >= 0.6 is 0 Å². The summed E-state index contributed by atoms with van der Waals surface area (Å²) >= 11 is 0. The first-order chi connectivity index (χ1) is 15.4. The second kappa shape index (κ2) is 7.56. The highest BCUT2D eigenvalue weighted by molar-refractivity contribution is 5.30. The molecule has 0 bridgehead atoms. The molecule has 0 aromatic carbocycles. The van der Waals surface area contributed by atoms with E-state index in [1.807, 2.05) is 6.92 Å². The molecule has 5 saturated carbocycles. The third kappa shape index (κ3) is 2.97. The SMILES string of the molecule is C=C(C)[C@H](CC[C@@H](C)[C@H]1CC[C@@]2(C)[C@@H]3CC[C@H]4C(C)(C)[C@@H](O)CC[C@@]45C[C@@]35CC[C@]12C)OO. The molecule has 188 valence electrons. The van der Waals surface area contributed by atoms with Crippen molar-refractivity contribution in [2.24, 2.45) is 50.7 Å². The van der Waals surface area contributed by atoms with Crippen molar-refractivity contribution in [3.63, 3.8) is 0 Å². The van der Waals surface area contributed by atoms with Crippen LogP contribution in [0.3, 0.4) is 0 Å². The lowest BCUT2D eigenvalue weighted by Gasteiger charge is -2.63. The van der Waals surface area contributed by atoms with E-state index in [4.69, 9.17) is 4.89 Å². The minimum atomic E-state index is -0.228. The molecule has 5 rings (SSSR count). The van der Waals surface area contributed by atoms with Crippen molar-refractivity contribution in [3.8, 4) is 0 Å². The smallest absolute Gasteiger partial charge is 0.113 e. The third-order valence-corrected chi connectivity index (χ3v) is 13.4. The van der Waals surface area contributed by atoms with Gasteiger partial charge in [0.25, 0.3) is 0 Å². The molecule has 0 amide bonds. The van der Waals surface area contributed by atoms with Crippen molar-refractivity contribution in [2.75, 3.05) is 0 Å². The number of aliphatic hydroxyl groups is 1. The largest absolute Gasteiger partial charge is 0.393 e. The van der Waals surface area contributed by atoms with Gasteiger partial charge in [0.2, 0.25) is 0 Å². The molecule has 2 N–H and O–H groups in total. The van der Waals surface area contributed by atoms with Crippen LogP contribution in [0.5, 0.6) is 0 Å². The van der Waals surface area contributed by atoms with E-state index in [0.717, 1.165) is 36.7 Å². The molecule has 0 heterocycles. The fraction of sp³-hybridized carbons (Fsp3) is 0.933. The highest BCUT2D eigenvalue weighted by Crippen LogP contribution is 2.89. The zero-order chi connectivity index (χ0) is 24.0. The molecule has 5 aliphatic rings. The lowest BCUT2D eigenvalue weighted by molar-refractivity contribution is -0.270. The molecule has 5 fully saturated rings. The van der Waals surface area contributed by atoms with Gasteiger partial charge in [0, 0.05) is 0 Å². The number of hydrogen-bond acceptors (Lipinski definition) is 3. The summed E-state index contributed by atoms with van der Waals surface area (Å²) in [6.45, 7) is 18.5. The Hall–Kier alpha value is -0.380. The molecule has 10 atom stereocenters. The van der Waals surface area contributed by atoms with E-state index >= 15 is 0 Å². The Labute approximate surface area is 202 Å². The summed E-state index contributed by atoms with van der Waals surface area (Å²) in [5.74, 6) is 3.00. The topological polar surface area (TPSA) is 49.7 Å². The van der Waals surface area contributed by atoms with Crippen molar-refractivity contribution in [1.29, 1.82) is 0 Å². The van der Waals surface area contributed by atoms with Gasteiger partial charge in [-0.15, -0.1) is 0 Å². The Balaban J connectivity index is 1.37. The molecule has 3 nitrogen and oxygen atoms in total. The van der Waals surface area contributed by atoms with Crippen molar-refractivity contribution in [3.05, 3.63) is 12.2 Å². The zero-order valence-electron chi connectivity index (χ0n) is 22.3. The number of rotatable bonds is 6. The van der Waals surface area contributed by atoms with Gasteiger partial charge in [-0.3, -0.25) is 5.26 Å². The third-order valence-electron chi connectivity index (χ3n) is 13.4. The van der Waals surface area contributed by atoms with E-state index in [1.165, 1.54) is 51.4 Å². The van der Waals surface area contributed by atoms with Gasteiger partial charge in [-0.25, -0.2) is 4.89 Å². The molecule has 0 aromatic heterocycles. The Morgan fingerprint density at radius 2 is 1.58 bits per heavy atom. The first-order valence-electron chi connectivity index (χ1n) is 14.0. The van der Waals surface area contributed by atoms with E-state index in [0.29, 0.717) is 33.5 Å². The van der Waals surface area contributed by atoms with Gasteiger partial charge in [0.15, 0.2) is 0 Å². The summed E-state index contributed by atoms with van der Waals surface area (Å²) in [5, 5.41) is 20.1. The Kier molecular flexibility index (Phi) is 5.57. The van der Waals surface area contributed by atoms with Crippen LogP contribution in [-0.2, 0) is 4.89 Å². The summed E-state index contributed by atoms with van der Waals surface area (Å²) in [7, 11) is 0. The molecule has 0 aliphatic heterocycles. The molecular weight excluding hydrogens is 408 g/mol. The molecule has 0 aromatic rings. The fourth-order valence-electron chi connectivity index (χ4n) is 11.3. The number of aliphatic hydroxyl groups excluding tert-OH is 1. The summed E-state index contributed by atoms with van der Waals surface area (Å²) in [5.41, 5.74) is 2.95. The lowest BCUT2D eigenvalue weighted by Crippen LogP contribution is -2.57. The summed E-state index contributed by atoms with van der Waals surface area (Å²) in [6.07, 6.45) is 13.6. The summed E-state index contributed by atoms with van der Waals surface area (Å²) < 4.78 is 0. The lowest BCUT2D eigenvalue weighted by atomic mass is 9.41. The second-order valence-corrected chi connectivity index (χ2v) is 14.5. The van der Waals surface area contributed by atoms with E-state index < -0.39 is 0 Å². The van der Waals surface area contributed by atoms with E-state index in [-0.39, 0.29) is 17.6 Å². The van der Waals surface area contributed by atoms with Crippen molar-refractivity contribution in [2.45, 2.75) is 124 Å². The van der Waals surface area contributed by atoms with Crippen LogP contribution in [0.25, 0.3) is 0 Å². The van der Waals surface area contributed by atoms with Crippen molar-refractivity contribution in [1.82, 2.24) is 0 Å². The van der Waals surface area contributed by atoms with Gasteiger partial charge in [-0.1, -0.05) is 41.2 Å². The number of fused-ring (bicyclic) bond motifs is 2. The van der Waals surface area contributed by atoms with Crippen LogP contribution in [-0.4, -0.2) is 22.6 Å². The van der Waals surface area contributed by atoms with Gasteiger partial charge in [-0.05, 0) is 134 Å². The quantitative estimate of drug-likeness (QED) is 0.244. The van der Waals surface area contributed by atoms with Crippen molar-refractivity contribution >= 4 is 0 Å². The molecular formula is C30H50O3. The van der Waals surface area contributed by atoms with Gasteiger partial charge >= 0.3 is 0 Å².